The van der Waals surface area contributed by atoms with Gasteiger partial charge in [-0.15, -0.1) is 11.6 Å². The summed E-state index contributed by atoms with van der Waals surface area (Å²) in [5.74, 6) is -4.92. The van der Waals surface area contributed by atoms with Crippen LogP contribution in [-0.4, -0.2) is 122 Å². The van der Waals surface area contributed by atoms with Crippen molar-refractivity contribution in [1.82, 2.24) is 5.32 Å². The van der Waals surface area contributed by atoms with Gasteiger partial charge in [0.25, 0.3) is 9.70 Å². The summed E-state index contributed by atoms with van der Waals surface area (Å²) in [6.07, 6.45) is -14.9. The molecule has 0 spiro atoms. The van der Waals surface area contributed by atoms with Crippen molar-refractivity contribution in [2.24, 2.45) is 0 Å². The SMILES string of the molecule is COC(=O)[C@H]1O[C@@H](O[C@@H]2[C@@H](NC(=O)C(Cl)(Cl)Cl)[C@H](Oc3ccc(OC)cc3)O[C@H](COC(=O)c3ccccc3)[C@@H]2OCc2ccccc2)[C@H](OC(=O)c2ccccc2)[C@@H](OCc2ccccc2)[C@@H]1OC(=O)CCl. The second-order valence-electron chi connectivity index (χ2n) is 16.2. The molecule has 17 nitrogen and oxygen atoms in total. The normalized spacial score (nSPS) is 23.8. The lowest BCUT2D eigenvalue weighted by Gasteiger charge is -2.49. The molecule has 0 aliphatic carbocycles. The summed E-state index contributed by atoms with van der Waals surface area (Å²) >= 11 is 24.6. The first-order valence-electron chi connectivity index (χ1n) is 22.5. The Morgan fingerprint density at radius 3 is 1.66 bits per heavy atom. The average Bonchev–Trinajstić information content (AvgIpc) is 3.41. The van der Waals surface area contributed by atoms with Crippen LogP contribution in [0.25, 0.3) is 0 Å². The molecule has 7 rings (SSSR count). The molecule has 1 N–H and O–H groups in total. The maximum atomic E-state index is 14.3. The van der Waals surface area contributed by atoms with Crippen LogP contribution in [0.4, 0.5) is 0 Å². The molecular weight excluding hydrogens is 1040 g/mol. The molecule has 0 radical (unpaired) electrons. The van der Waals surface area contributed by atoms with Crippen LogP contribution in [0.5, 0.6) is 11.5 Å². The van der Waals surface area contributed by atoms with Gasteiger partial charge in [-0.1, -0.05) is 132 Å². The highest BCUT2D eigenvalue weighted by atomic mass is 35.6. The van der Waals surface area contributed by atoms with Gasteiger partial charge in [0.15, 0.2) is 24.6 Å². The molecule has 0 saturated carbocycles. The van der Waals surface area contributed by atoms with Crippen LogP contribution in [0.15, 0.2) is 146 Å². The summed E-state index contributed by atoms with van der Waals surface area (Å²) in [7, 11) is 2.55. The van der Waals surface area contributed by atoms with Gasteiger partial charge in [-0.05, 0) is 59.7 Å². The van der Waals surface area contributed by atoms with Crippen molar-refractivity contribution in [3.05, 3.63) is 168 Å². The van der Waals surface area contributed by atoms with E-state index < -0.39 is 107 Å². The summed E-state index contributed by atoms with van der Waals surface area (Å²) in [5, 5.41) is 2.67. The number of amides is 1. The number of rotatable bonds is 20. The maximum Gasteiger partial charge on any atom is 0.339 e. The molecule has 2 fully saturated rings. The van der Waals surface area contributed by atoms with Crippen molar-refractivity contribution >= 4 is 76.2 Å². The molecule has 0 bridgehead atoms. The minimum Gasteiger partial charge on any atom is -0.497 e. The van der Waals surface area contributed by atoms with Crippen LogP contribution in [0.3, 0.4) is 0 Å². The van der Waals surface area contributed by atoms with Crippen molar-refractivity contribution in [1.29, 1.82) is 0 Å². The fraction of sp³-hybridized carbons (Fsp3) is 0.327. The number of ether oxygens (including phenoxy) is 11. The monoisotopic (exact) mass is 1080 g/mol. The van der Waals surface area contributed by atoms with E-state index in [-0.39, 0.29) is 30.1 Å². The third-order valence-electron chi connectivity index (χ3n) is 11.3. The number of hydrogen-bond donors (Lipinski definition) is 1. The fourth-order valence-electron chi connectivity index (χ4n) is 7.80. The molecule has 5 aromatic rings. The van der Waals surface area contributed by atoms with Gasteiger partial charge in [0.2, 0.25) is 6.29 Å². The second kappa shape index (κ2) is 26.3. The van der Waals surface area contributed by atoms with Crippen LogP contribution in [0.1, 0.15) is 31.8 Å². The minimum absolute atomic E-state index is 0.0728. The molecule has 2 aliphatic heterocycles. The van der Waals surface area contributed by atoms with Crippen LogP contribution in [0, 0.1) is 0 Å². The molecule has 0 unspecified atom stereocenters. The lowest BCUT2D eigenvalue weighted by Crippen LogP contribution is -2.70. The van der Waals surface area contributed by atoms with Gasteiger partial charge in [0.05, 0.1) is 38.6 Å². The molecule has 2 heterocycles. The summed E-state index contributed by atoms with van der Waals surface area (Å²) < 4.78 is 65.4. The Balaban J connectivity index is 1.39. The third-order valence-corrected chi connectivity index (χ3v) is 12.1. The van der Waals surface area contributed by atoms with Crippen LogP contribution < -0.4 is 14.8 Å². The number of esters is 4. The molecule has 2 saturated heterocycles. The van der Waals surface area contributed by atoms with Crippen LogP contribution >= 0.6 is 46.4 Å². The number of carbonyl (C=O) groups excluding carboxylic acids is 5. The summed E-state index contributed by atoms with van der Waals surface area (Å²) in [5.41, 5.74) is 1.57. The number of nitrogens with one attached hydrogen (secondary N) is 1. The Morgan fingerprint density at radius 1 is 0.589 bits per heavy atom. The Bertz CT molecular complexity index is 2580. The molecule has 21 heteroatoms. The van der Waals surface area contributed by atoms with E-state index in [1.165, 1.54) is 19.2 Å². The van der Waals surface area contributed by atoms with Gasteiger partial charge in [-0.25, -0.2) is 14.4 Å². The Kier molecular flexibility index (Phi) is 19.7. The first-order chi connectivity index (χ1) is 35.3. The summed E-state index contributed by atoms with van der Waals surface area (Å²) in [6.45, 7) is -0.868. The number of alkyl halides is 4. The highest BCUT2D eigenvalue weighted by molar-refractivity contribution is 6.76. The number of hydrogen-bond acceptors (Lipinski definition) is 16. The zero-order chi connectivity index (χ0) is 51.9. The number of benzene rings is 5. The van der Waals surface area contributed by atoms with Crippen molar-refractivity contribution in [3.63, 3.8) is 0 Å². The van der Waals surface area contributed by atoms with Gasteiger partial charge in [-0.3, -0.25) is 9.59 Å². The first-order valence-corrected chi connectivity index (χ1v) is 24.2. The van der Waals surface area contributed by atoms with Crippen LogP contribution in [0.2, 0.25) is 0 Å². The van der Waals surface area contributed by atoms with E-state index in [1.54, 1.807) is 133 Å². The lowest BCUT2D eigenvalue weighted by molar-refractivity contribution is -0.342. The number of carbonyl (C=O) groups is 5. The van der Waals surface area contributed by atoms with E-state index in [0.717, 1.165) is 7.11 Å². The topological polar surface area (TPSA) is 199 Å². The first kappa shape index (κ1) is 54.8. The average molecular weight is 1090 g/mol. The molecule has 0 aromatic heterocycles. The predicted molar refractivity (Wildman–Crippen MR) is 263 cm³/mol. The molecule has 2 aliphatic rings. The van der Waals surface area contributed by atoms with Crippen molar-refractivity contribution in [2.45, 2.75) is 78.4 Å². The van der Waals surface area contributed by atoms with Gasteiger partial charge < -0.3 is 57.4 Å². The lowest BCUT2D eigenvalue weighted by atomic mass is 9.94. The number of methoxy groups -OCH3 is 2. The molecule has 73 heavy (non-hydrogen) atoms. The second-order valence-corrected chi connectivity index (χ2v) is 18.7. The number of halogens is 4. The van der Waals surface area contributed by atoms with Gasteiger partial charge in [0, 0.05) is 0 Å². The Hall–Kier alpha value is -5.99. The fourth-order valence-corrected chi connectivity index (χ4v) is 8.03. The molecule has 386 valence electrons. The van der Waals surface area contributed by atoms with E-state index >= 15 is 0 Å². The maximum absolute atomic E-state index is 14.3. The van der Waals surface area contributed by atoms with E-state index in [1.807, 2.05) is 0 Å². The molecule has 1 amide bonds. The zero-order valence-corrected chi connectivity index (χ0v) is 42.0. The summed E-state index contributed by atoms with van der Waals surface area (Å²) in [4.78, 5) is 68.8. The zero-order valence-electron chi connectivity index (χ0n) is 39.0. The van der Waals surface area contributed by atoms with Crippen molar-refractivity contribution in [2.75, 3.05) is 26.7 Å². The van der Waals surface area contributed by atoms with Crippen LogP contribution in [-0.2, 0) is 70.2 Å². The standard InChI is InChI=1S/C52H49Cl4NO16/c1-63-35-23-25-36(26-24-35)68-49-39(57-51(62)52(54,55)56)41(40(65-28-31-15-7-3-8-16-31)37(69-49)30-67-46(59)33-19-11-5-12-20-33)72-50-45(71-47(60)34-21-13-6-14-22-34)42(66-29-32-17-9-4-10-18-32)43(70-38(58)27-53)44(73-50)48(61)64-2/h3-26,37,39-45,49-50H,27-30H2,1-2H3,(H,57,62)/t37-,39-,40+,41-,42+,43+,44+,45-,49-,50-/m1/s1. The van der Waals surface area contributed by atoms with E-state index in [4.69, 9.17) is 98.5 Å². The van der Waals surface area contributed by atoms with E-state index in [0.29, 0.717) is 16.9 Å². The predicted octanol–water partition coefficient (Wildman–Crippen LogP) is 7.34. The van der Waals surface area contributed by atoms with Gasteiger partial charge in [-0.2, -0.15) is 0 Å². The van der Waals surface area contributed by atoms with Crippen molar-refractivity contribution < 1.29 is 76.1 Å². The van der Waals surface area contributed by atoms with Gasteiger partial charge in [0.1, 0.15) is 54.4 Å². The highest BCUT2D eigenvalue weighted by Gasteiger charge is 2.58. The van der Waals surface area contributed by atoms with Crippen molar-refractivity contribution in [3.8, 4) is 11.5 Å². The highest BCUT2D eigenvalue weighted by Crippen LogP contribution is 2.37. The van der Waals surface area contributed by atoms with E-state index in [2.05, 4.69) is 5.32 Å². The quantitative estimate of drug-likeness (QED) is 0.0461. The molecule has 10 atom stereocenters. The smallest absolute Gasteiger partial charge is 0.339 e. The molecular formula is C52H49Cl4NO16. The Morgan fingerprint density at radius 2 is 1.12 bits per heavy atom. The summed E-state index contributed by atoms with van der Waals surface area (Å²) in [6, 6.07) is 38.5. The van der Waals surface area contributed by atoms with Gasteiger partial charge >= 0.3 is 23.9 Å². The third kappa shape index (κ3) is 14.8. The molecule has 5 aromatic carbocycles. The van der Waals surface area contributed by atoms with E-state index in [9.17, 15) is 24.0 Å². The largest absolute Gasteiger partial charge is 0.497 e. The minimum atomic E-state index is -2.60. The Labute approximate surface area is 439 Å².